The zero-order valence-corrected chi connectivity index (χ0v) is 11.6. The molecule has 1 rings (SSSR count). The largest absolute Gasteiger partial charge is 0.477 e. The Labute approximate surface area is 110 Å². The third kappa shape index (κ3) is 4.12. The van der Waals surface area contributed by atoms with Gasteiger partial charge in [-0.15, -0.1) is 11.3 Å². The monoisotopic (exact) mass is 270 g/mol. The van der Waals surface area contributed by atoms with Crippen molar-refractivity contribution >= 4 is 23.2 Å². The van der Waals surface area contributed by atoms with E-state index in [1.165, 1.54) is 11.3 Å². The number of thiophene rings is 1. The van der Waals surface area contributed by atoms with Crippen molar-refractivity contribution in [2.75, 3.05) is 0 Å². The number of hydrogen-bond donors (Lipinski definition) is 3. The molecule has 0 saturated heterocycles. The van der Waals surface area contributed by atoms with E-state index in [1.807, 2.05) is 20.8 Å². The maximum atomic E-state index is 10.9. The fraction of sp³-hybridized carbons (Fsp3) is 0.500. The zero-order valence-electron chi connectivity index (χ0n) is 10.7. The van der Waals surface area contributed by atoms with Crippen molar-refractivity contribution in [3.05, 3.63) is 21.4 Å². The SMILES string of the molecule is Cc1sc(C(=O)O)cc1CNC(C)(C)CC(N)=O. The third-order valence-corrected chi connectivity index (χ3v) is 3.69. The van der Waals surface area contributed by atoms with Crippen LogP contribution in [0.2, 0.25) is 0 Å². The van der Waals surface area contributed by atoms with Crippen molar-refractivity contribution in [2.24, 2.45) is 5.73 Å². The Morgan fingerprint density at radius 1 is 1.50 bits per heavy atom. The summed E-state index contributed by atoms with van der Waals surface area (Å²) in [4.78, 5) is 23.0. The number of carbonyl (C=O) groups excluding carboxylic acids is 1. The second-order valence-electron chi connectivity index (χ2n) is 4.88. The Morgan fingerprint density at radius 2 is 2.11 bits per heavy atom. The van der Waals surface area contributed by atoms with Gasteiger partial charge in [0.05, 0.1) is 0 Å². The van der Waals surface area contributed by atoms with Gasteiger partial charge >= 0.3 is 5.97 Å². The fourth-order valence-electron chi connectivity index (χ4n) is 1.63. The van der Waals surface area contributed by atoms with Gasteiger partial charge in [-0.1, -0.05) is 0 Å². The Balaban J connectivity index is 2.68. The molecule has 1 heterocycles. The van der Waals surface area contributed by atoms with Gasteiger partial charge < -0.3 is 16.2 Å². The van der Waals surface area contributed by atoms with Crippen LogP contribution in [0.15, 0.2) is 6.07 Å². The molecule has 100 valence electrons. The summed E-state index contributed by atoms with van der Waals surface area (Å²) in [6, 6.07) is 1.66. The van der Waals surface area contributed by atoms with E-state index in [0.29, 0.717) is 11.4 Å². The summed E-state index contributed by atoms with van der Waals surface area (Å²) in [6.07, 6.45) is 0.238. The van der Waals surface area contributed by atoms with E-state index < -0.39 is 11.5 Å². The number of amides is 1. The van der Waals surface area contributed by atoms with E-state index in [9.17, 15) is 9.59 Å². The molecule has 5 nitrogen and oxygen atoms in total. The van der Waals surface area contributed by atoms with Gasteiger partial charge in [-0.3, -0.25) is 4.79 Å². The van der Waals surface area contributed by atoms with Gasteiger partial charge in [0.25, 0.3) is 0 Å². The van der Waals surface area contributed by atoms with Crippen molar-refractivity contribution < 1.29 is 14.7 Å². The summed E-state index contributed by atoms with van der Waals surface area (Å²) in [7, 11) is 0. The summed E-state index contributed by atoms with van der Waals surface area (Å²) >= 11 is 1.26. The van der Waals surface area contributed by atoms with Gasteiger partial charge in [0.2, 0.25) is 5.91 Å². The van der Waals surface area contributed by atoms with Crippen molar-refractivity contribution in [3.63, 3.8) is 0 Å². The van der Waals surface area contributed by atoms with Crippen LogP contribution >= 0.6 is 11.3 Å². The van der Waals surface area contributed by atoms with E-state index in [4.69, 9.17) is 10.8 Å². The summed E-state index contributed by atoms with van der Waals surface area (Å²) in [5.41, 5.74) is 5.71. The molecule has 0 aliphatic carbocycles. The average molecular weight is 270 g/mol. The first kappa shape index (κ1) is 14.7. The predicted octanol–water partition coefficient (Wildman–Crippen LogP) is 1.50. The second-order valence-corrected chi connectivity index (χ2v) is 6.13. The lowest BCUT2D eigenvalue weighted by Gasteiger charge is -2.24. The molecule has 1 aromatic heterocycles. The zero-order chi connectivity index (χ0) is 13.9. The van der Waals surface area contributed by atoms with Crippen LogP contribution in [0, 0.1) is 6.92 Å². The Hall–Kier alpha value is -1.40. The number of nitrogens with one attached hydrogen (secondary N) is 1. The molecule has 0 spiro atoms. The molecular weight excluding hydrogens is 252 g/mol. The van der Waals surface area contributed by atoms with Gasteiger partial charge in [-0.2, -0.15) is 0 Å². The number of carboxylic acid groups (broad SMARTS) is 1. The summed E-state index contributed by atoms with van der Waals surface area (Å²) in [6.45, 7) is 6.18. The Morgan fingerprint density at radius 3 is 2.56 bits per heavy atom. The summed E-state index contributed by atoms with van der Waals surface area (Å²) < 4.78 is 0. The molecule has 0 radical (unpaired) electrons. The van der Waals surface area contributed by atoms with E-state index in [1.54, 1.807) is 6.07 Å². The molecule has 1 amide bonds. The number of rotatable bonds is 6. The van der Waals surface area contributed by atoms with E-state index in [2.05, 4.69) is 5.32 Å². The van der Waals surface area contributed by atoms with Crippen molar-refractivity contribution in [1.82, 2.24) is 5.32 Å². The average Bonchev–Trinajstić information content (AvgIpc) is 2.55. The highest BCUT2D eigenvalue weighted by Gasteiger charge is 2.20. The molecule has 0 saturated carbocycles. The molecule has 6 heteroatoms. The van der Waals surface area contributed by atoms with Gasteiger partial charge in [0.15, 0.2) is 0 Å². The molecule has 0 fully saturated rings. The number of primary amides is 1. The first-order chi connectivity index (χ1) is 8.21. The molecule has 0 aromatic carbocycles. The number of aryl methyl sites for hydroxylation is 1. The molecule has 0 atom stereocenters. The van der Waals surface area contributed by atoms with Crippen molar-refractivity contribution in [1.29, 1.82) is 0 Å². The van der Waals surface area contributed by atoms with Crippen LogP contribution in [0.5, 0.6) is 0 Å². The molecule has 0 bridgehead atoms. The van der Waals surface area contributed by atoms with Crippen molar-refractivity contribution in [2.45, 2.75) is 39.3 Å². The Bertz CT molecular complexity index is 466. The van der Waals surface area contributed by atoms with Gasteiger partial charge in [-0.25, -0.2) is 4.79 Å². The number of carboxylic acids is 1. The molecule has 0 aliphatic heterocycles. The lowest BCUT2D eigenvalue weighted by molar-refractivity contribution is -0.119. The smallest absolute Gasteiger partial charge is 0.345 e. The molecule has 0 aliphatic rings. The van der Waals surface area contributed by atoms with Gasteiger partial charge in [0, 0.05) is 23.4 Å². The molecular formula is C12H18N2O3S. The minimum atomic E-state index is -0.911. The van der Waals surface area contributed by atoms with E-state index in [0.717, 1.165) is 10.4 Å². The van der Waals surface area contributed by atoms with E-state index in [-0.39, 0.29) is 12.3 Å². The fourth-order valence-corrected chi connectivity index (χ4v) is 2.51. The normalized spacial score (nSPS) is 11.5. The first-order valence-corrected chi connectivity index (χ1v) is 6.39. The van der Waals surface area contributed by atoms with E-state index >= 15 is 0 Å². The van der Waals surface area contributed by atoms with Crippen LogP contribution in [-0.4, -0.2) is 22.5 Å². The highest BCUT2D eigenvalue weighted by atomic mass is 32.1. The lowest BCUT2D eigenvalue weighted by Crippen LogP contribution is -2.42. The van der Waals surface area contributed by atoms with Crippen LogP contribution in [0.4, 0.5) is 0 Å². The minimum absolute atomic E-state index is 0.238. The molecule has 0 unspecified atom stereocenters. The van der Waals surface area contributed by atoms with Gasteiger partial charge in [-0.05, 0) is 32.4 Å². The molecule has 4 N–H and O–H groups in total. The lowest BCUT2D eigenvalue weighted by atomic mass is 10.00. The number of carbonyl (C=O) groups is 2. The third-order valence-electron chi connectivity index (χ3n) is 2.60. The van der Waals surface area contributed by atoms with Crippen LogP contribution in [0.3, 0.4) is 0 Å². The maximum absolute atomic E-state index is 10.9. The summed E-state index contributed by atoms with van der Waals surface area (Å²) in [5.74, 6) is -1.27. The number of nitrogens with two attached hydrogens (primary N) is 1. The van der Waals surface area contributed by atoms with Crippen LogP contribution in [-0.2, 0) is 11.3 Å². The van der Waals surface area contributed by atoms with Crippen LogP contribution in [0.25, 0.3) is 0 Å². The highest BCUT2D eigenvalue weighted by molar-refractivity contribution is 7.14. The van der Waals surface area contributed by atoms with Crippen LogP contribution < -0.4 is 11.1 Å². The standard InChI is InChI=1S/C12H18N2O3S/c1-7-8(4-9(18-7)11(16)17)6-14-12(2,3)5-10(13)15/h4,14H,5-6H2,1-3H3,(H2,13,15)(H,16,17). The highest BCUT2D eigenvalue weighted by Crippen LogP contribution is 2.22. The Kier molecular flexibility index (Phi) is 4.48. The van der Waals surface area contributed by atoms with Gasteiger partial charge in [0.1, 0.15) is 4.88 Å². The van der Waals surface area contributed by atoms with Crippen molar-refractivity contribution in [3.8, 4) is 0 Å². The maximum Gasteiger partial charge on any atom is 0.345 e. The number of hydrogen-bond acceptors (Lipinski definition) is 4. The topological polar surface area (TPSA) is 92.4 Å². The number of aromatic carboxylic acids is 1. The summed E-state index contributed by atoms with van der Waals surface area (Å²) in [5, 5.41) is 12.1. The molecule has 18 heavy (non-hydrogen) atoms. The predicted molar refractivity (Wildman–Crippen MR) is 70.7 cm³/mol. The quantitative estimate of drug-likeness (QED) is 0.730. The van der Waals surface area contributed by atoms with Crippen LogP contribution in [0.1, 0.15) is 40.4 Å². The minimum Gasteiger partial charge on any atom is -0.477 e. The second kappa shape index (κ2) is 5.49. The first-order valence-electron chi connectivity index (χ1n) is 5.57. The molecule has 1 aromatic rings.